The van der Waals surface area contributed by atoms with Crippen LogP contribution in [0.5, 0.6) is 0 Å². The van der Waals surface area contributed by atoms with E-state index >= 15 is 0 Å². The van der Waals surface area contributed by atoms with Crippen LogP contribution in [0.1, 0.15) is 20.8 Å². The molecule has 126 valence electrons. The molecule has 2 N–H and O–H groups in total. The minimum absolute atomic E-state index is 0.205. The van der Waals surface area contributed by atoms with Crippen molar-refractivity contribution in [3.63, 3.8) is 0 Å². The average molecular weight is 392 g/mol. The van der Waals surface area contributed by atoms with Crippen LogP contribution < -0.4 is 10.6 Å². The van der Waals surface area contributed by atoms with Gasteiger partial charge in [0.2, 0.25) is 0 Å². The topological polar surface area (TPSA) is 71.1 Å². The van der Waals surface area contributed by atoms with Gasteiger partial charge < -0.3 is 5.32 Å². The molecule has 1 heterocycles. The number of benzene rings is 2. The maximum Gasteiger partial charge on any atom is 0.275 e. The van der Waals surface area contributed by atoms with E-state index in [1.165, 1.54) is 0 Å². The fraction of sp³-hybridized carbons (Fsp3) is 0. The molecule has 5 nitrogen and oxygen atoms in total. The largest absolute Gasteiger partial charge is 0.321 e. The lowest BCUT2D eigenvalue weighted by Gasteiger charge is -2.03. The van der Waals surface area contributed by atoms with Crippen molar-refractivity contribution in [1.29, 1.82) is 0 Å². The van der Waals surface area contributed by atoms with Crippen molar-refractivity contribution in [1.82, 2.24) is 4.98 Å². The highest BCUT2D eigenvalue weighted by Gasteiger charge is 2.13. The molecule has 25 heavy (non-hydrogen) atoms. The Morgan fingerprint density at radius 3 is 2.40 bits per heavy atom. The van der Waals surface area contributed by atoms with Crippen LogP contribution in [0.4, 0.5) is 10.8 Å². The average Bonchev–Trinajstić information content (AvgIpc) is 3.04. The second kappa shape index (κ2) is 7.65. The molecule has 3 aromatic rings. The third-order valence-corrected chi connectivity index (χ3v) is 4.39. The zero-order valence-electron chi connectivity index (χ0n) is 12.6. The minimum atomic E-state index is -0.384. The van der Waals surface area contributed by atoms with Gasteiger partial charge in [-0.3, -0.25) is 14.9 Å². The Hall–Kier alpha value is -2.41. The SMILES string of the molecule is O=C(Nc1nc(C(=O)Nc2cccc(Cl)c2)cs1)c1ccc(Cl)cc1. The van der Waals surface area contributed by atoms with Gasteiger partial charge in [-0.2, -0.15) is 0 Å². The summed E-state index contributed by atoms with van der Waals surface area (Å²) in [5.74, 6) is -0.710. The van der Waals surface area contributed by atoms with E-state index in [0.29, 0.717) is 26.4 Å². The van der Waals surface area contributed by atoms with Crippen LogP contribution in [-0.4, -0.2) is 16.8 Å². The van der Waals surface area contributed by atoms with Gasteiger partial charge in [-0.05, 0) is 42.5 Å². The number of anilines is 2. The third kappa shape index (κ3) is 4.57. The molecule has 0 aliphatic carbocycles. The first-order valence-electron chi connectivity index (χ1n) is 7.10. The fourth-order valence-corrected chi connectivity index (χ4v) is 2.97. The minimum Gasteiger partial charge on any atom is -0.321 e. The Morgan fingerprint density at radius 1 is 0.920 bits per heavy atom. The summed E-state index contributed by atoms with van der Waals surface area (Å²) in [6.45, 7) is 0. The molecule has 0 aliphatic heterocycles. The highest BCUT2D eigenvalue weighted by Crippen LogP contribution is 2.20. The maximum absolute atomic E-state index is 12.2. The van der Waals surface area contributed by atoms with Crippen LogP contribution in [0.2, 0.25) is 10.0 Å². The molecule has 8 heteroatoms. The van der Waals surface area contributed by atoms with Gasteiger partial charge in [0.05, 0.1) is 0 Å². The monoisotopic (exact) mass is 391 g/mol. The van der Waals surface area contributed by atoms with Crippen LogP contribution >= 0.6 is 34.5 Å². The standard InChI is InChI=1S/C17H11Cl2N3O2S/c18-11-6-4-10(5-7-11)15(23)22-17-21-14(9-25-17)16(24)20-13-3-1-2-12(19)8-13/h1-9H,(H,20,24)(H,21,22,23). The van der Waals surface area contributed by atoms with Crippen LogP contribution in [0.3, 0.4) is 0 Å². The van der Waals surface area contributed by atoms with E-state index in [1.54, 1.807) is 53.9 Å². The second-order valence-electron chi connectivity index (χ2n) is 4.96. The van der Waals surface area contributed by atoms with Crippen molar-refractivity contribution in [3.05, 3.63) is 75.2 Å². The Balaban J connectivity index is 1.66. The van der Waals surface area contributed by atoms with Crippen LogP contribution in [-0.2, 0) is 0 Å². The number of hydrogen-bond acceptors (Lipinski definition) is 4. The van der Waals surface area contributed by atoms with Crippen LogP contribution in [0.15, 0.2) is 53.9 Å². The molecule has 0 unspecified atom stereocenters. The van der Waals surface area contributed by atoms with E-state index < -0.39 is 0 Å². The van der Waals surface area contributed by atoms with Crippen molar-refractivity contribution < 1.29 is 9.59 Å². The fourth-order valence-electron chi connectivity index (χ4n) is 1.97. The van der Waals surface area contributed by atoms with E-state index in [0.717, 1.165) is 11.3 Å². The lowest BCUT2D eigenvalue weighted by Crippen LogP contribution is -2.14. The van der Waals surface area contributed by atoms with Crippen molar-refractivity contribution in [2.75, 3.05) is 10.6 Å². The maximum atomic E-state index is 12.2. The van der Waals surface area contributed by atoms with E-state index in [2.05, 4.69) is 15.6 Å². The number of rotatable bonds is 4. The zero-order chi connectivity index (χ0) is 17.8. The molecule has 2 aromatic carbocycles. The lowest BCUT2D eigenvalue weighted by atomic mass is 10.2. The second-order valence-corrected chi connectivity index (χ2v) is 6.69. The number of nitrogens with one attached hydrogen (secondary N) is 2. The summed E-state index contributed by atoms with van der Waals surface area (Å²) in [5.41, 5.74) is 1.22. The van der Waals surface area contributed by atoms with Crippen LogP contribution in [0.25, 0.3) is 0 Å². The molecule has 0 spiro atoms. The quantitative estimate of drug-likeness (QED) is 0.660. The van der Waals surface area contributed by atoms with Crippen LogP contribution in [0, 0.1) is 0 Å². The normalized spacial score (nSPS) is 10.3. The lowest BCUT2D eigenvalue weighted by molar-refractivity contribution is 0.101. The highest BCUT2D eigenvalue weighted by atomic mass is 35.5. The molecule has 0 bridgehead atoms. The summed E-state index contributed by atoms with van der Waals surface area (Å²) in [4.78, 5) is 28.5. The summed E-state index contributed by atoms with van der Waals surface area (Å²) in [6.07, 6.45) is 0. The smallest absolute Gasteiger partial charge is 0.275 e. The molecule has 0 saturated heterocycles. The van der Waals surface area contributed by atoms with Gasteiger partial charge >= 0.3 is 0 Å². The summed E-state index contributed by atoms with van der Waals surface area (Å²) in [6, 6.07) is 13.3. The van der Waals surface area contributed by atoms with Gasteiger partial charge in [0.15, 0.2) is 5.13 Å². The Bertz CT molecular complexity index is 926. The number of carbonyl (C=O) groups excluding carboxylic acids is 2. The van der Waals surface area contributed by atoms with Crippen molar-refractivity contribution >= 4 is 57.2 Å². The summed E-state index contributed by atoms with van der Waals surface area (Å²) in [5, 5.41) is 8.31. The van der Waals surface area contributed by atoms with Gasteiger partial charge in [-0.25, -0.2) is 4.98 Å². The predicted molar refractivity (Wildman–Crippen MR) is 101 cm³/mol. The van der Waals surface area contributed by atoms with Gasteiger partial charge in [-0.15, -0.1) is 11.3 Å². The number of nitrogens with zero attached hydrogens (tertiary/aromatic N) is 1. The van der Waals surface area contributed by atoms with Gasteiger partial charge in [0.25, 0.3) is 11.8 Å². The van der Waals surface area contributed by atoms with Gasteiger partial charge in [-0.1, -0.05) is 29.3 Å². The van der Waals surface area contributed by atoms with Crippen molar-refractivity contribution in [2.45, 2.75) is 0 Å². The highest BCUT2D eigenvalue weighted by molar-refractivity contribution is 7.14. The van der Waals surface area contributed by atoms with E-state index in [-0.39, 0.29) is 17.5 Å². The first-order chi connectivity index (χ1) is 12.0. The molecule has 3 rings (SSSR count). The summed E-state index contributed by atoms with van der Waals surface area (Å²) >= 11 is 12.8. The number of thiazole rings is 1. The third-order valence-electron chi connectivity index (χ3n) is 3.15. The van der Waals surface area contributed by atoms with Gasteiger partial charge in [0, 0.05) is 26.7 Å². The Kier molecular flexibility index (Phi) is 5.33. The molecule has 2 amide bonds. The number of amides is 2. The number of aromatic nitrogens is 1. The Labute approximate surface area is 157 Å². The number of hydrogen-bond donors (Lipinski definition) is 2. The first kappa shape index (κ1) is 17.4. The Morgan fingerprint density at radius 2 is 1.68 bits per heavy atom. The first-order valence-corrected chi connectivity index (χ1v) is 8.74. The summed E-state index contributed by atoms with van der Waals surface area (Å²) < 4.78 is 0. The molecule has 0 fully saturated rings. The van der Waals surface area contributed by atoms with E-state index in [9.17, 15) is 9.59 Å². The van der Waals surface area contributed by atoms with E-state index in [1.807, 2.05) is 0 Å². The zero-order valence-corrected chi connectivity index (χ0v) is 15.0. The molecule has 0 radical (unpaired) electrons. The van der Waals surface area contributed by atoms with Crippen molar-refractivity contribution in [2.24, 2.45) is 0 Å². The molecule has 0 saturated carbocycles. The number of halogens is 2. The van der Waals surface area contributed by atoms with Crippen molar-refractivity contribution in [3.8, 4) is 0 Å². The predicted octanol–water partition coefficient (Wildman–Crippen LogP) is 4.95. The molecule has 1 aromatic heterocycles. The number of carbonyl (C=O) groups is 2. The molecular weight excluding hydrogens is 381 g/mol. The van der Waals surface area contributed by atoms with Gasteiger partial charge in [0.1, 0.15) is 5.69 Å². The molecule has 0 atom stereocenters. The summed E-state index contributed by atoms with van der Waals surface area (Å²) in [7, 11) is 0. The van der Waals surface area contributed by atoms with E-state index in [4.69, 9.17) is 23.2 Å². The molecule has 0 aliphatic rings. The molecular formula is C17H11Cl2N3O2S.